The molecule has 6 N–H and O–H groups in total. The number of rotatable bonds is 18. The summed E-state index contributed by atoms with van der Waals surface area (Å²) in [5, 5.41) is 0. The van der Waals surface area contributed by atoms with Crippen molar-refractivity contribution in [2.75, 3.05) is 19.7 Å². The number of hydrogen-bond acceptors (Lipinski definition) is 7. The van der Waals surface area contributed by atoms with Crippen LogP contribution in [-0.2, 0) is 14.6 Å². The van der Waals surface area contributed by atoms with E-state index in [0.29, 0.717) is 0 Å². The normalized spacial score (nSPS) is 14.6. The molecular formula is C24H52N4O4S. The standard InChI is InChI=1S/C22H43N3.C2H6O4S.H3N/c1-3-4-5-6-7-8-9-10-11-12-13-14-15-16-17-18-22-24-19-20-25(22)21(2)23;1-2-6-7(3,4)5;/h17-18,21H,3-16,19-20,23H2,1-2H3;2H2,1H3,(H,3,4,5);1H3. The van der Waals surface area contributed by atoms with Gasteiger partial charge in [0.25, 0.3) is 0 Å². The molecule has 9 heteroatoms. The van der Waals surface area contributed by atoms with Crippen LogP contribution in [0.15, 0.2) is 17.1 Å². The third-order valence-electron chi connectivity index (χ3n) is 5.41. The lowest BCUT2D eigenvalue weighted by atomic mass is 10.0. The van der Waals surface area contributed by atoms with Gasteiger partial charge in [-0.3, -0.25) is 9.55 Å². The fourth-order valence-electron chi connectivity index (χ4n) is 3.66. The number of nitrogens with two attached hydrogens (primary N) is 1. The van der Waals surface area contributed by atoms with Gasteiger partial charge in [0.15, 0.2) is 0 Å². The van der Waals surface area contributed by atoms with Gasteiger partial charge in [-0.05, 0) is 32.8 Å². The largest absolute Gasteiger partial charge is 0.397 e. The smallest absolute Gasteiger partial charge is 0.344 e. The summed E-state index contributed by atoms with van der Waals surface area (Å²) < 4.78 is 30.7. The first-order valence-electron chi connectivity index (χ1n) is 12.7. The van der Waals surface area contributed by atoms with Gasteiger partial charge in [-0.2, -0.15) is 8.42 Å². The molecule has 0 fully saturated rings. The summed E-state index contributed by atoms with van der Waals surface area (Å²) in [6.07, 6.45) is 24.1. The van der Waals surface area contributed by atoms with Crippen LogP contribution < -0.4 is 11.9 Å². The molecule has 1 rings (SSSR count). The van der Waals surface area contributed by atoms with Gasteiger partial charge in [0.05, 0.1) is 19.3 Å². The highest BCUT2D eigenvalue weighted by molar-refractivity contribution is 7.80. The molecule has 33 heavy (non-hydrogen) atoms. The Labute approximate surface area is 204 Å². The molecule has 0 aromatic heterocycles. The number of hydrogen-bond donors (Lipinski definition) is 3. The van der Waals surface area contributed by atoms with Crippen LogP contribution in [0.1, 0.15) is 111 Å². The number of unbranched alkanes of at least 4 members (excludes halogenated alkanes) is 13. The molecule has 0 aliphatic carbocycles. The second-order valence-electron chi connectivity index (χ2n) is 8.44. The van der Waals surface area contributed by atoms with E-state index in [1.165, 1.54) is 96.8 Å². The van der Waals surface area contributed by atoms with Crippen LogP contribution in [0, 0.1) is 0 Å². The molecule has 1 heterocycles. The van der Waals surface area contributed by atoms with Crippen molar-refractivity contribution < 1.29 is 17.2 Å². The Balaban J connectivity index is 0. The van der Waals surface area contributed by atoms with Gasteiger partial charge in [-0.15, -0.1) is 0 Å². The Morgan fingerprint density at radius 1 is 1.00 bits per heavy atom. The zero-order valence-corrected chi connectivity index (χ0v) is 22.3. The van der Waals surface area contributed by atoms with Crippen molar-refractivity contribution in [3.8, 4) is 0 Å². The second kappa shape index (κ2) is 22.8. The van der Waals surface area contributed by atoms with Crippen molar-refractivity contribution >= 4 is 16.2 Å². The van der Waals surface area contributed by atoms with E-state index >= 15 is 0 Å². The Hall–Kier alpha value is -1.00. The topological polar surface area (TPSA) is 140 Å². The Kier molecular flexibility index (Phi) is 23.6. The summed E-state index contributed by atoms with van der Waals surface area (Å²) in [4.78, 5) is 6.70. The molecule has 1 aliphatic heterocycles. The molecule has 0 aromatic rings. The first-order valence-corrected chi connectivity index (χ1v) is 14.0. The summed E-state index contributed by atoms with van der Waals surface area (Å²) in [6.45, 7) is 7.61. The maximum Gasteiger partial charge on any atom is 0.397 e. The lowest BCUT2D eigenvalue weighted by Crippen LogP contribution is -2.41. The summed E-state index contributed by atoms with van der Waals surface area (Å²) in [7, 11) is -4.17. The van der Waals surface area contributed by atoms with Gasteiger partial charge in [0.2, 0.25) is 0 Å². The number of aliphatic imine (C=N–C) groups is 1. The van der Waals surface area contributed by atoms with Gasteiger partial charge in [0, 0.05) is 6.54 Å². The van der Waals surface area contributed by atoms with E-state index < -0.39 is 10.4 Å². The summed E-state index contributed by atoms with van der Waals surface area (Å²) >= 11 is 0. The molecule has 1 atom stereocenters. The van der Waals surface area contributed by atoms with Crippen LogP contribution in [0.5, 0.6) is 0 Å². The third-order valence-corrected chi connectivity index (χ3v) is 5.94. The van der Waals surface area contributed by atoms with E-state index in [2.05, 4.69) is 33.2 Å². The van der Waals surface area contributed by atoms with Crippen molar-refractivity contribution in [2.24, 2.45) is 10.7 Å². The molecule has 0 aromatic carbocycles. The molecule has 0 saturated carbocycles. The van der Waals surface area contributed by atoms with Crippen molar-refractivity contribution in [3.05, 3.63) is 12.2 Å². The molecule has 0 amide bonds. The summed E-state index contributed by atoms with van der Waals surface area (Å²) in [5.41, 5.74) is 5.96. The maximum absolute atomic E-state index is 9.56. The van der Waals surface area contributed by atoms with Crippen molar-refractivity contribution in [2.45, 2.75) is 117 Å². The quantitative estimate of drug-likeness (QED) is 0.157. The van der Waals surface area contributed by atoms with Crippen LogP contribution in [0.25, 0.3) is 0 Å². The van der Waals surface area contributed by atoms with Crippen LogP contribution in [0.3, 0.4) is 0 Å². The molecule has 0 spiro atoms. The van der Waals surface area contributed by atoms with Crippen molar-refractivity contribution in [1.29, 1.82) is 0 Å². The van der Waals surface area contributed by atoms with Gasteiger partial charge >= 0.3 is 10.4 Å². The first kappa shape index (κ1) is 34.2. The monoisotopic (exact) mass is 492 g/mol. The van der Waals surface area contributed by atoms with Gasteiger partial charge < -0.3 is 16.8 Å². The lowest BCUT2D eigenvalue weighted by molar-refractivity contribution is 0.283. The molecular weight excluding hydrogens is 440 g/mol. The summed E-state index contributed by atoms with van der Waals surface area (Å²) in [6, 6.07) is 0. The minimum absolute atomic E-state index is 0. The van der Waals surface area contributed by atoms with E-state index in [1.807, 2.05) is 6.92 Å². The highest BCUT2D eigenvalue weighted by Gasteiger charge is 2.16. The van der Waals surface area contributed by atoms with Crippen LogP contribution >= 0.6 is 0 Å². The van der Waals surface area contributed by atoms with E-state index in [0.717, 1.165) is 18.9 Å². The third kappa shape index (κ3) is 22.6. The predicted octanol–water partition coefficient (Wildman–Crippen LogP) is 6.03. The van der Waals surface area contributed by atoms with Gasteiger partial charge in [-0.1, -0.05) is 90.0 Å². The Morgan fingerprint density at radius 3 is 1.88 bits per heavy atom. The molecule has 198 valence electrons. The van der Waals surface area contributed by atoms with Crippen molar-refractivity contribution in [1.82, 2.24) is 11.1 Å². The second-order valence-corrected chi connectivity index (χ2v) is 9.53. The molecule has 1 unspecified atom stereocenters. The minimum Gasteiger partial charge on any atom is -0.344 e. The maximum atomic E-state index is 9.56. The van der Waals surface area contributed by atoms with E-state index in [1.54, 1.807) is 0 Å². The van der Waals surface area contributed by atoms with Crippen LogP contribution in [0.4, 0.5) is 0 Å². The average molecular weight is 493 g/mol. The molecule has 1 aliphatic rings. The number of amidine groups is 1. The van der Waals surface area contributed by atoms with E-state index in [9.17, 15) is 8.42 Å². The first-order chi connectivity index (χ1) is 15.3. The molecule has 8 nitrogen and oxygen atoms in total. The van der Waals surface area contributed by atoms with Gasteiger partial charge in [0.1, 0.15) is 5.84 Å². The Bertz CT molecular complexity index is 595. The number of nitrogens with zero attached hydrogens (tertiary/aromatic N) is 2. The van der Waals surface area contributed by atoms with E-state index in [4.69, 9.17) is 10.3 Å². The highest BCUT2D eigenvalue weighted by Crippen LogP contribution is 2.13. The average Bonchev–Trinajstić information content (AvgIpc) is 3.19. The van der Waals surface area contributed by atoms with Crippen LogP contribution in [0.2, 0.25) is 0 Å². The van der Waals surface area contributed by atoms with Crippen LogP contribution in [-0.4, -0.2) is 49.6 Å². The molecule has 0 saturated heterocycles. The molecule has 0 bridgehead atoms. The Morgan fingerprint density at radius 2 is 1.48 bits per heavy atom. The SMILES string of the molecule is CCCCCCCCCCCCCCCC=CC1=NCCN1C(C)N.CCOS(=O)(=O)O.N. The molecule has 0 radical (unpaired) electrons. The lowest BCUT2D eigenvalue weighted by Gasteiger charge is -2.22. The highest BCUT2D eigenvalue weighted by atomic mass is 32.3. The fourth-order valence-corrected chi connectivity index (χ4v) is 3.95. The van der Waals surface area contributed by atoms with Gasteiger partial charge in [-0.25, -0.2) is 4.18 Å². The number of allylic oxidation sites excluding steroid dienone is 1. The zero-order chi connectivity index (χ0) is 24.1. The zero-order valence-electron chi connectivity index (χ0n) is 21.5. The fraction of sp³-hybridized carbons (Fsp3) is 0.875. The minimum atomic E-state index is -4.17. The summed E-state index contributed by atoms with van der Waals surface area (Å²) in [5.74, 6) is 1.07. The van der Waals surface area contributed by atoms with E-state index in [-0.39, 0.29) is 18.9 Å². The van der Waals surface area contributed by atoms with Crippen molar-refractivity contribution in [3.63, 3.8) is 0 Å². The predicted molar refractivity (Wildman–Crippen MR) is 140 cm³/mol.